The van der Waals surface area contributed by atoms with Crippen LogP contribution in [0.3, 0.4) is 0 Å². The third-order valence-electron chi connectivity index (χ3n) is 4.47. The fourth-order valence-electron chi connectivity index (χ4n) is 3.01. The van der Waals surface area contributed by atoms with Gasteiger partial charge in [0.2, 0.25) is 5.91 Å². The Labute approximate surface area is 139 Å². The van der Waals surface area contributed by atoms with Crippen LogP contribution in [0.1, 0.15) is 10.5 Å². The molecule has 2 amide bonds. The number of H-pyrrole nitrogens is 1. The summed E-state index contributed by atoms with van der Waals surface area (Å²) in [6.07, 6.45) is 0. The zero-order valence-electron chi connectivity index (χ0n) is 14.0. The standard InChI is InChI=1S/C17H21FN4O2/c1-20(2)17(24)15-10-22(7-6-21(15)3)16(23)14-9-11-8-12(18)4-5-13(11)19-14/h4-5,8-9,15,19H,6-7,10H2,1-3H3/t15-/m1/s1. The molecule has 7 heteroatoms. The summed E-state index contributed by atoms with van der Waals surface area (Å²) >= 11 is 0. The average Bonchev–Trinajstić information content (AvgIpc) is 2.97. The predicted octanol–water partition coefficient (Wildman–Crippen LogP) is 1.15. The Bertz CT molecular complexity index is 786. The van der Waals surface area contributed by atoms with Crippen molar-refractivity contribution in [2.24, 2.45) is 0 Å². The lowest BCUT2D eigenvalue weighted by molar-refractivity contribution is -0.135. The molecule has 1 aliphatic rings. The molecule has 0 saturated carbocycles. The lowest BCUT2D eigenvalue weighted by atomic mass is 10.1. The molecule has 128 valence electrons. The van der Waals surface area contributed by atoms with Crippen LogP contribution >= 0.6 is 0 Å². The maximum Gasteiger partial charge on any atom is 0.270 e. The number of likely N-dealkylation sites (N-methyl/N-ethyl adjacent to an activating group) is 2. The molecular weight excluding hydrogens is 311 g/mol. The third kappa shape index (κ3) is 2.99. The number of benzene rings is 1. The Balaban J connectivity index is 1.82. The first-order chi connectivity index (χ1) is 11.4. The molecule has 2 heterocycles. The molecule has 0 aliphatic carbocycles. The molecule has 1 atom stereocenters. The van der Waals surface area contributed by atoms with Crippen molar-refractivity contribution in [1.82, 2.24) is 19.7 Å². The van der Waals surface area contributed by atoms with Crippen molar-refractivity contribution in [1.29, 1.82) is 0 Å². The summed E-state index contributed by atoms with van der Waals surface area (Å²) in [4.78, 5) is 33.3. The summed E-state index contributed by atoms with van der Waals surface area (Å²) in [5.74, 6) is -0.526. The summed E-state index contributed by atoms with van der Waals surface area (Å²) < 4.78 is 13.3. The van der Waals surface area contributed by atoms with Crippen LogP contribution in [0.2, 0.25) is 0 Å². The van der Waals surface area contributed by atoms with Crippen LogP contribution in [-0.4, -0.2) is 78.3 Å². The summed E-state index contributed by atoms with van der Waals surface area (Å²) in [6, 6.07) is 5.67. The van der Waals surface area contributed by atoms with Crippen LogP contribution in [0.25, 0.3) is 10.9 Å². The smallest absolute Gasteiger partial charge is 0.270 e. The largest absolute Gasteiger partial charge is 0.351 e. The summed E-state index contributed by atoms with van der Waals surface area (Å²) in [5, 5.41) is 0.661. The van der Waals surface area contributed by atoms with E-state index in [-0.39, 0.29) is 23.7 Å². The second-order valence-corrected chi connectivity index (χ2v) is 6.39. The highest BCUT2D eigenvalue weighted by atomic mass is 19.1. The SMILES string of the molecule is CN(C)C(=O)[C@H]1CN(C(=O)c2cc3cc(F)ccc3[nH]2)CCN1C. The van der Waals surface area contributed by atoms with Gasteiger partial charge >= 0.3 is 0 Å². The number of carbonyl (C=O) groups excluding carboxylic acids is 2. The fourth-order valence-corrected chi connectivity index (χ4v) is 3.01. The van der Waals surface area contributed by atoms with Crippen LogP contribution < -0.4 is 0 Å². The van der Waals surface area contributed by atoms with Crippen molar-refractivity contribution in [3.05, 3.63) is 35.8 Å². The second-order valence-electron chi connectivity index (χ2n) is 6.39. The Hall–Kier alpha value is -2.41. The molecule has 0 unspecified atom stereocenters. The molecule has 1 aromatic carbocycles. The van der Waals surface area contributed by atoms with Crippen LogP contribution in [0, 0.1) is 5.82 Å². The quantitative estimate of drug-likeness (QED) is 0.897. The molecule has 1 saturated heterocycles. The minimum atomic E-state index is -0.348. The molecular formula is C17H21FN4O2. The van der Waals surface area contributed by atoms with Gasteiger partial charge in [0.05, 0.1) is 0 Å². The van der Waals surface area contributed by atoms with E-state index in [1.165, 1.54) is 12.1 Å². The van der Waals surface area contributed by atoms with Gasteiger partial charge in [0.1, 0.15) is 17.6 Å². The van der Waals surface area contributed by atoms with E-state index in [1.807, 2.05) is 11.9 Å². The minimum absolute atomic E-state index is 0.0197. The fraction of sp³-hybridized carbons (Fsp3) is 0.412. The normalized spacial score (nSPS) is 18.8. The molecule has 1 N–H and O–H groups in total. The van der Waals surface area contributed by atoms with Gasteiger partial charge in [-0.15, -0.1) is 0 Å². The molecule has 0 radical (unpaired) electrons. The van der Waals surface area contributed by atoms with Crippen LogP contribution in [0.5, 0.6) is 0 Å². The van der Waals surface area contributed by atoms with Crippen molar-refractivity contribution in [3.8, 4) is 0 Å². The van der Waals surface area contributed by atoms with Crippen molar-refractivity contribution < 1.29 is 14.0 Å². The number of halogens is 1. The number of fused-ring (bicyclic) bond motifs is 1. The number of nitrogens with one attached hydrogen (secondary N) is 1. The maximum absolute atomic E-state index is 13.3. The Morgan fingerprint density at radius 1 is 1.25 bits per heavy atom. The van der Waals surface area contributed by atoms with Crippen molar-refractivity contribution >= 4 is 22.7 Å². The number of aromatic amines is 1. The van der Waals surface area contributed by atoms with E-state index in [9.17, 15) is 14.0 Å². The Morgan fingerprint density at radius 2 is 2.00 bits per heavy atom. The minimum Gasteiger partial charge on any atom is -0.351 e. The van der Waals surface area contributed by atoms with E-state index in [2.05, 4.69) is 4.98 Å². The number of carbonyl (C=O) groups is 2. The maximum atomic E-state index is 13.3. The van der Waals surface area contributed by atoms with Gasteiger partial charge in [0.15, 0.2) is 0 Å². The molecule has 0 spiro atoms. The molecule has 1 aromatic heterocycles. The van der Waals surface area contributed by atoms with E-state index < -0.39 is 0 Å². The van der Waals surface area contributed by atoms with E-state index in [0.717, 1.165) is 5.52 Å². The molecule has 3 rings (SSSR count). The first kappa shape index (κ1) is 16.4. The first-order valence-corrected chi connectivity index (χ1v) is 7.86. The zero-order chi connectivity index (χ0) is 17.4. The number of aromatic nitrogens is 1. The van der Waals surface area contributed by atoms with Crippen LogP contribution in [-0.2, 0) is 4.79 Å². The summed E-state index contributed by atoms with van der Waals surface area (Å²) in [6.45, 7) is 1.52. The average molecular weight is 332 g/mol. The molecule has 24 heavy (non-hydrogen) atoms. The van der Waals surface area contributed by atoms with E-state index in [4.69, 9.17) is 0 Å². The number of hydrogen-bond donors (Lipinski definition) is 1. The van der Waals surface area contributed by atoms with Crippen molar-refractivity contribution in [2.75, 3.05) is 40.8 Å². The van der Waals surface area contributed by atoms with Gasteiger partial charge in [0.25, 0.3) is 5.91 Å². The zero-order valence-corrected chi connectivity index (χ0v) is 14.0. The molecule has 0 bridgehead atoms. The first-order valence-electron chi connectivity index (χ1n) is 7.86. The number of piperazine rings is 1. The lowest BCUT2D eigenvalue weighted by Crippen LogP contribution is -2.58. The van der Waals surface area contributed by atoms with Gasteiger partial charge in [-0.25, -0.2) is 4.39 Å². The summed E-state index contributed by atoms with van der Waals surface area (Å²) in [5.41, 5.74) is 1.13. The monoisotopic (exact) mass is 332 g/mol. The Kier molecular flexibility index (Phi) is 4.28. The second kappa shape index (κ2) is 6.24. The highest BCUT2D eigenvalue weighted by molar-refractivity contribution is 5.98. The van der Waals surface area contributed by atoms with Crippen molar-refractivity contribution in [2.45, 2.75) is 6.04 Å². The third-order valence-corrected chi connectivity index (χ3v) is 4.47. The van der Waals surface area contributed by atoms with Gasteiger partial charge < -0.3 is 14.8 Å². The predicted molar refractivity (Wildman–Crippen MR) is 89.3 cm³/mol. The van der Waals surface area contributed by atoms with Crippen LogP contribution in [0.15, 0.2) is 24.3 Å². The van der Waals surface area contributed by atoms with E-state index >= 15 is 0 Å². The van der Waals surface area contributed by atoms with Gasteiger partial charge in [-0.2, -0.15) is 0 Å². The number of rotatable bonds is 2. The Morgan fingerprint density at radius 3 is 2.71 bits per heavy atom. The van der Waals surface area contributed by atoms with E-state index in [1.54, 1.807) is 36.0 Å². The lowest BCUT2D eigenvalue weighted by Gasteiger charge is -2.39. The highest BCUT2D eigenvalue weighted by Gasteiger charge is 2.33. The molecule has 2 aromatic rings. The van der Waals surface area contributed by atoms with Gasteiger partial charge in [0, 0.05) is 44.6 Å². The topological polar surface area (TPSA) is 59.7 Å². The number of amides is 2. The van der Waals surface area contributed by atoms with Crippen molar-refractivity contribution in [3.63, 3.8) is 0 Å². The van der Waals surface area contributed by atoms with Gasteiger partial charge in [-0.1, -0.05) is 0 Å². The molecule has 1 aliphatic heterocycles. The molecule has 6 nitrogen and oxygen atoms in total. The van der Waals surface area contributed by atoms with Gasteiger partial charge in [-0.05, 0) is 31.3 Å². The summed E-state index contributed by atoms with van der Waals surface area (Å²) in [7, 11) is 5.31. The highest BCUT2D eigenvalue weighted by Crippen LogP contribution is 2.19. The number of nitrogens with zero attached hydrogens (tertiary/aromatic N) is 3. The van der Waals surface area contributed by atoms with Gasteiger partial charge in [-0.3, -0.25) is 14.5 Å². The van der Waals surface area contributed by atoms with Crippen LogP contribution in [0.4, 0.5) is 4.39 Å². The van der Waals surface area contributed by atoms with E-state index in [0.29, 0.717) is 30.7 Å². The molecule has 1 fully saturated rings. The number of hydrogen-bond acceptors (Lipinski definition) is 3.